The smallest absolute Gasteiger partial charge is 0.161 e. The fraction of sp³-hybridized carbons (Fsp3) is 0.636. The third-order valence-corrected chi connectivity index (χ3v) is 4.30. The highest BCUT2D eigenvalue weighted by molar-refractivity contribution is 7.90. The van der Waals surface area contributed by atoms with Crippen molar-refractivity contribution in [1.82, 2.24) is 0 Å². The van der Waals surface area contributed by atoms with Crippen LogP contribution in [0, 0.1) is 0 Å². The molecule has 0 saturated carbocycles. The largest absolute Gasteiger partial charge is 0.464 e. The van der Waals surface area contributed by atoms with Crippen molar-refractivity contribution in [1.29, 1.82) is 0 Å². The third-order valence-electron chi connectivity index (χ3n) is 2.87. The summed E-state index contributed by atoms with van der Waals surface area (Å²) >= 11 is 0. The molecule has 0 saturated heterocycles. The normalized spacial score (nSPS) is 18.0. The monoisotopic (exact) mass is 243 g/mol. The molecule has 1 aromatic heterocycles. The minimum atomic E-state index is -2.98. The Morgan fingerprint density at radius 2 is 2.06 bits per heavy atom. The van der Waals surface area contributed by atoms with Gasteiger partial charge in [-0.2, -0.15) is 0 Å². The molecule has 5 heteroatoms. The lowest BCUT2D eigenvalue weighted by atomic mass is 10.0. The van der Waals surface area contributed by atoms with Gasteiger partial charge in [-0.15, -0.1) is 0 Å². The van der Waals surface area contributed by atoms with Gasteiger partial charge < -0.3 is 10.2 Å². The van der Waals surface area contributed by atoms with Gasteiger partial charge in [0.15, 0.2) is 9.84 Å². The van der Waals surface area contributed by atoms with E-state index in [1.165, 1.54) is 0 Å². The Kier molecular flexibility index (Phi) is 2.84. The van der Waals surface area contributed by atoms with E-state index in [2.05, 4.69) is 0 Å². The van der Waals surface area contributed by atoms with E-state index in [1.807, 2.05) is 13.8 Å². The number of rotatable bonds is 3. The van der Waals surface area contributed by atoms with Gasteiger partial charge in [0.25, 0.3) is 0 Å². The van der Waals surface area contributed by atoms with Crippen molar-refractivity contribution in [3.05, 3.63) is 22.6 Å². The minimum Gasteiger partial charge on any atom is -0.464 e. The SMILES string of the molecule is CC(C)c1oc2c(c1CCN)CS(=O)(=O)C2. The zero-order chi connectivity index (χ0) is 11.9. The van der Waals surface area contributed by atoms with Crippen molar-refractivity contribution in [3.8, 4) is 0 Å². The van der Waals surface area contributed by atoms with Gasteiger partial charge in [0.05, 0.1) is 5.75 Å². The highest BCUT2D eigenvalue weighted by atomic mass is 32.2. The fourth-order valence-electron chi connectivity index (χ4n) is 2.21. The van der Waals surface area contributed by atoms with Crippen LogP contribution in [-0.4, -0.2) is 15.0 Å². The predicted octanol–water partition coefficient (Wildman–Crippen LogP) is 1.33. The first-order valence-electron chi connectivity index (χ1n) is 5.48. The van der Waals surface area contributed by atoms with Gasteiger partial charge in [-0.3, -0.25) is 0 Å². The van der Waals surface area contributed by atoms with Gasteiger partial charge in [0, 0.05) is 11.5 Å². The second-order valence-corrected chi connectivity index (χ2v) is 6.64. The molecule has 2 heterocycles. The maximum absolute atomic E-state index is 11.5. The minimum absolute atomic E-state index is 0.0482. The number of fused-ring (bicyclic) bond motifs is 1. The van der Waals surface area contributed by atoms with Crippen LogP contribution in [0.3, 0.4) is 0 Å². The summed E-state index contributed by atoms with van der Waals surface area (Å²) in [5.41, 5.74) is 7.45. The van der Waals surface area contributed by atoms with Gasteiger partial charge in [0.1, 0.15) is 17.3 Å². The molecule has 0 aromatic carbocycles. The fourth-order valence-corrected chi connectivity index (χ4v) is 3.72. The third kappa shape index (κ3) is 1.89. The number of nitrogens with two attached hydrogens (primary N) is 1. The van der Waals surface area contributed by atoms with Crippen molar-refractivity contribution in [2.24, 2.45) is 5.73 Å². The average Bonchev–Trinajstić information content (AvgIpc) is 2.60. The molecular formula is C11H17NO3S. The molecule has 90 valence electrons. The first-order valence-corrected chi connectivity index (χ1v) is 7.30. The van der Waals surface area contributed by atoms with Crippen LogP contribution < -0.4 is 5.73 Å². The van der Waals surface area contributed by atoms with E-state index in [9.17, 15) is 8.42 Å². The molecule has 2 rings (SSSR count). The van der Waals surface area contributed by atoms with Crippen molar-refractivity contribution in [2.45, 2.75) is 37.7 Å². The van der Waals surface area contributed by atoms with Gasteiger partial charge in [-0.25, -0.2) is 8.42 Å². The molecule has 16 heavy (non-hydrogen) atoms. The van der Waals surface area contributed by atoms with Crippen LogP contribution in [0.15, 0.2) is 4.42 Å². The molecular weight excluding hydrogens is 226 g/mol. The van der Waals surface area contributed by atoms with Crippen LogP contribution >= 0.6 is 0 Å². The van der Waals surface area contributed by atoms with E-state index in [-0.39, 0.29) is 17.4 Å². The number of sulfone groups is 1. The molecule has 4 nitrogen and oxygen atoms in total. The topological polar surface area (TPSA) is 73.3 Å². The van der Waals surface area contributed by atoms with Crippen LogP contribution in [0.1, 0.15) is 42.4 Å². The number of furan rings is 1. The average molecular weight is 243 g/mol. The molecule has 1 aromatic rings. The van der Waals surface area contributed by atoms with E-state index < -0.39 is 9.84 Å². The molecule has 0 amide bonds. The Morgan fingerprint density at radius 1 is 1.38 bits per heavy atom. The van der Waals surface area contributed by atoms with Crippen LogP contribution in [0.5, 0.6) is 0 Å². The van der Waals surface area contributed by atoms with E-state index in [1.54, 1.807) is 0 Å². The Morgan fingerprint density at radius 3 is 2.62 bits per heavy atom. The number of hydrogen-bond acceptors (Lipinski definition) is 4. The van der Waals surface area contributed by atoms with Gasteiger partial charge in [0.2, 0.25) is 0 Å². The van der Waals surface area contributed by atoms with E-state index in [0.717, 1.165) is 16.9 Å². The van der Waals surface area contributed by atoms with Crippen LogP contribution in [-0.2, 0) is 27.8 Å². The van der Waals surface area contributed by atoms with Crippen LogP contribution in [0.4, 0.5) is 0 Å². The first kappa shape index (κ1) is 11.7. The van der Waals surface area contributed by atoms with Crippen molar-refractivity contribution in [3.63, 3.8) is 0 Å². The Bertz CT molecular complexity index is 500. The standard InChI is InChI=1S/C11H17NO3S/c1-7(2)11-8(3-4-12)9-5-16(13,14)6-10(9)15-11/h7H,3-6,12H2,1-2H3. The molecule has 0 radical (unpaired) electrons. The quantitative estimate of drug-likeness (QED) is 0.869. The van der Waals surface area contributed by atoms with Crippen molar-refractivity contribution < 1.29 is 12.8 Å². The molecule has 0 spiro atoms. The Labute approximate surface area is 95.7 Å². The summed E-state index contributed by atoms with van der Waals surface area (Å²) in [5.74, 6) is 1.98. The number of hydrogen-bond donors (Lipinski definition) is 1. The maximum Gasteiger partial charge on any atom is 0.161 e. The first-order chi connectivity index (χ1) is 7.44. The zero-order valence-corrected chi connectivity index (χ0v) is 10.4. The summed E-state index contributed by atoms with van der Waals surface area (Å²) in [4.78, 5) is 0. The summed E-state index contributed by atoms with van der Waals surface area (Å²) in [6, 6.07) is 0. The van der Waals surface area contributed by atoms with Crippen LogP contribution in [0.25, 0.3) is 0 Å². The molecule has 0 unspecified atom stereocenters. The van der Waals surface area contributed by atoms with Gasteiger partial charge >= 0.3 is 0 Å². The Hall–Kier alpha value is -0.810. The van der Waals surface area contributed by atoms with Crippen molar-refractivity contribution in [2.75, 3.05) is 6.54 Å². The summed E-state index contributed by atoms with van der Waals surface area (Å²) in [7, 11) is -2.98. The lowest BCUT2D eigenvalue weighted by Gasteiger charge is -2.06. The predicted molar refractivity (Wildman–Crippen MR) is 61.9 cm³/mol. The van der Waals surface area contributed by atoms with Gasteiger partial charge in [-0.1, -0.05) is 13.8 Å². The molecule has 0 bridgehead atoms. The van der Waals surface area contributed by atoms with E-state index in [4.69, 9.17) is 10.2 Å². The summed E-state index contributed by atoms with van der Waals surface area (Å²) in [6.07, 6.45) is 0.696. The van der Waals surface area contributed by atoms with Gasteiger partial charge in [-0.05, 0) is 18.5 Å². The molecule has 0 fully saturated rings. The van der Waals surface area contributed by atoms with Crippen LogP contribution in [0.2, 0.25) is 0 Å². The highest BCUT2D eigenvalue weighted by Crippen LogP contribution is 2.36. The molecule has 2 N–H and O–H groups in total. The molecule has 0 aliphatic carbocycles. The maximum atomic E-state index is 11.5. The summed E-state index contributed by atoms with van der Waals surface area (Å²) < 4.78 is 28.7. The molecule has 1 aliphatic heterocycles. The highest BCUT2D eigenvalue weighted by Gasteiger charge is 2.33. The lowest BCUT2D eigenvalue weighted by Crippen LogP contribution is -2.07. The zero-order valence-electron chi connectivity index (χ0n) is 9.62. The summed E-state index contributed by atoms with van der Waals surface area (Å²) in [5, 5.41) is 0. The summed E-state index contributed by atoms with van der Waals surface area (Å²) in [6.45, 7) is 4.61. The lowest BCUT2D eigenvalue weighted by molar-refractivity contribution is 0.455. The van der Waals surface area contributed by atoms with E-state index in [0.29, 0.717) is 18.7 Å². The molecule has 1 aliphatic rings. The Balaban J connectivity index is 2.48. The second kappa shape index (κ2) is 3.89. The van der Waals surface area contributed by atoms with Crippen molar-refractivity contribution >= 4 is 9.84 Å². The molecule has 0 atom stereocenters. The second-order valence-electron chi connectivity index (χ2n) is 4.57. The van der Waals surface area contributed by atoms with E-state index >= 15 is 0 Å².